The van der Waals surface area contributed by atoms with Crippen molar-refractivity contribution in [1.29, 1.82) is 0 Å². The minimum absolute atomic E-state index is 0.633. The fourth-order valence-corrected chi connectivity index (χ4v) is 2.20. The standard InChI is InChI=1S/C17H21ClN2O/c1-4-21-17-10-7-14(18)11-16(17)19-12-13-5-8-15(9-6-13)20(2)3/h5-11,19H,4,12H2,1-3H3. The van der Waals surface area contributed by atoms with Crippen LogP contribution in [0.25, 0.3) is 0 Å². The topological polar surface area (TPSA) is 24.5 Å². The van der Waals surface area contributed by atoms with E-state index < -0.39 is 0 Å². The monoisotopic (exact) mass is 304 g/mol. The van der Waals surface area contributed by atoms with Crippen LogP contribution >= 0.6 is 11.6 Å². The zero-order valence-electron chi connectivity index (χ0n) is 12.7. The van der Waals surface area contributed by atoms with Crippen LogP contribution in [0.4, 0.5) is 11.4 Å². The molecule has 0 spiro atoms. The molecule has 0 aromatic heterocycles. The van der Waals surface area contributed by atoms with Crippen LogP contribution in [0.5, 0.6) is 5.75 Å². The van der Waals surface area contributed by atoms with Crippen LogP contribution in [0.15, 0.2) is 42.5 Å². The quantitative estimate of drug-likeness (QED) is 0.855. The summed E-state index contributed by atoms with van der Waals surface area (Å²) in [5.41, 5.74) is 3.32. The summed E-state index contributed by atoms with van der Waals surface area (Å²) in [7, 11) is 4.07. The molecule has 0 atom stereocenters. The van der Waals surface area contributed by atoms with E-state index in [0.717, 1.165) is 18.0 Å². The van der Waals surface area contributed by atoms with Crippen molar-refractivity contribution in [3.63, 3.8) is 0 Å². The predicted octanol–water partition coefficient (Wildman–Crippen LogP) is 4.42. The summed E-state index contributed by atoms with van der Waals surface area (Å²) >= 11 is 6.05. The molecule has 0 aliphatic carbocycles. The lowest BCUT2D eigenvalue weighted by atomic mass is 10.2. The first-order chi connectivity index (χ1) is 10.1. The number of hydrogen-bond acceptors (Lipinski definition) is 3. The third-order valence-electron chi connectivity index (χ3n) is 3.18. The molecule has 0 heterocycles. The van der Waals surface area contributed by atoms with E-state index in [1.807, 2.05) is 39.2 Å². The lowest BCUT2D eigenvalue weighted by molar-refractivity contribution is 0.341. The molecule has 3 nitrogen and oxygen atoms in total. The molecule has 21 heavy (non-hydrogen) atoms. The van der Waals surface area contributed by atoms with Crippen molar-refractivity contribution in [3.8, 4) is 5.75 Å². The van der Waals surface area contributed by atoms with E-state index in [9.17, 15) is 0 Å². The Hall–Kier alpha value is -1.87. The molecular formula is C17H21ClN2O. The second kappa shape index (κ2) is 7.23. The highest BCUT2D eigenvalue weighted by atomic mass is 35.5. The molecule has 2 rings (SSSR count). The Labute approximate surface area is 131 Å². The minimum atomic E-state index is 0.633. The molecule has 0 unspecified atom stereocenters. The summed E-state index contributed by atoms with van der Waals surface area (Å²) in [6, 6.07) is 14.1. The van der Waals surface area contributed by atoms with Gasteiger partial charge in [0, 0.05) is 31.4 Å². The maximum Gasteiger partial charge on any atom is 0.142 e. The number of halogens is 1. The number of hydrogen-bond donors (Lipinski definition) is 1. The average Bonchev–Trinajstić information content (AvgIpc) is 2.48. The average molecular weight is 305 g/mol. The number of anilines is 2. The molecule has 0 bridgehead atoms. The van der Waals surface area contributed by atoms with Gasteiger partial charge in [0.1, 0.15) is 5.75 Å². The summed E-state index contributed by atoms with van der Waals surface area (Å²) in [5.74, 6) is 0.826. The van der Waals surface area contributed by atoms with Crippen LogP contribution < -0.4 is 15.0 Å². The molecule has 0 saturated heterocycles. The van der Waals surface area contributed by atoms with Crippen molar-refractivity contribution in [1.82, 2.24) is 0 Å². The second-order valence-corrected chi connectivity index (χ2v) is 5.42. The van der Waals surface area contributed by atoms with Crippen molar-refractivity contribution in [2.24, 2.45) is 0 Å². The van der Waals surface area contributed by atoms with Crippen LogP contribution in [0.3, 0.4) is 0 Å². The van der Waals surface area contributed by atoms with Crippen molar-refractivity contribution in [3.05, 3.63) is 53.1 Å². The van der Waals surface area contributed by atoms with Gasteiger partial charge in [-0.25, -0.2) is 0 Å². The molecule has 0 aliphatic heterocycles. The molecule has 1 N–H and O–H groups in total. The van der Waals surface area contributed by atoms with Crippen LogP contribution in [-0.2, 0) is 6.54 Å². The first-order valence-corrected chi connectivity index (χ1v) is 7.40. The van der Waals surface area contributed by atoms with Gasteiger partial charge < -0.3 is 15.0 Å². The predicted molar refractivity (Wildman–Crippen MR) is 90.7 cm³/mol. The molecule has 2 aromatic carbocycles. The molecule has 2 aromatic rings. The molecule has 0 fully saturated rings. The Balaban J connectivity index is 2.06. The lowest BCUT2D eigenvalue weighted by Crippen LogP contribution is -2.08. The van der Waals surface area contributed by atoms with Crippen LogP contribution in [0.2, 0.25) is 5.02 Å². The molecule has 4 heteroatoms. The van der Waals surface area contributed by atoms with Gasteiger partial charge in [-0.15, -0.1) is 0 Å². The molecule has 0 amide bonds. The van der Waals surface area contributed by atoms with E-state index in [0.29, 0.717) is 11.6 Å². The van der Waals surface area contributed by atoms with Crippen molar-refractivity contribution >= 4 is 23.0 Å². The Morgan fingerprint density at radius 2 is 1.81 bits per heavy atom. The molecule has 0 radical (unpaired) electrons. The van der Waals surface area contributed by atoms with Crippen LogP contribution in [0, 0.1) is 0 Å². The smallest absolute Gasteiger partial charge is 0.142 e. The molecule has 0 saturated carbocycles. The zero-order valence-corrected chi connectivity index (χ0v) is 13.4. The SMILES string of the molecule is CCOc1ccc(Cl)cc1NCc1ccc(N(C)C)cc1. The minimum Gasteiger partial charge on any atom is -0.492 e. The summed E-state index contributed by atoms with van der Waals surface area (Å²) < 4.78 is 5.60. The first-order valence-electron chi connectivity index (χ1n) is 7.02. The molecule has 0 aliphatic rings. The van der Waals surface area contributed by atoms with E-state index in [1.54, 1.807) is 0 Å². The third-order valence-corrected chi connectivity index (χ3v) is 3.41. The van der Waals surface area contributed by atoms with Gasteiger partial charge in [0.2, 0.25) is 0 Å². The van der Waals surface area contributed by atoms with E-state index in [2.05, 4.69) is 34.5 Å². The zero-order chi connectivity index (χ0) is 15.2. The van der Waals surface area contributed by atoms with Gasteiger partial charge in [0.25, 0.3) is 0 Å². The fourth-order valence-electron chi connectivity index (χ4n) is 2.03. The maximum atomic E-state index is 6.05. The van der Waals surface area contributed by atoms with Gasteiger partial charge in [0.15, 0.2) is 0 Å². The van der Waals surface area contributed by atoms with Gasteiger partial charge in [-0.2, -0.15) is 0 Å². The molecular weight excluding hydrogens is 284 g/mol. The number of nitrogens with one attached hydrogen (secondary N) is 1. The van der Waals surface area contributed by atoms with Gasteiger partial charge in [-0.1, -0.05) is 23.7 Å². The highest BCUT2D eigenvalue weighted by molar-refractivity contribution is 6.30. The third kappa shape index (κ3) is 4.30. The number of ether oxygens (including phenoxy) is 1. The van der Waals surface area contributed by atoms with Gasteiger partial charge in [-0.05, 0) is 42.8 Å². The van der Waals surface area contributed by atoms with E-state index >= 15 is 0 Å². The summed E-state index contributed by atoms with van der Waals surface area (Å²) in [6.45, 7) is 3.33. The highest BCUT2D eigenvalue weighted by Gasteiger charge is 2.04. The molecule has 112 valence electrons. The summed E-state index contributed by atoms with van der Waals surface area (Å²) in [4.78, 5) is 2.08. The Bertz CT molecular complexity index is 582. The van der Waals surface area contributed by atoms with Gasteiger partial charge >= 0.3 is 0 Å². The Kier molecular flexibility index (Phi) is 5.34. The van der Waals surface area contributed by atoms with Gasteiger partial charge in [0.05, 0.1) is 12.3 Å². The van der Waals surface area contributed by atoms with E-state index in [1.165, 1.54) is 11.3 Å². The maximum absolute atomic E-state index is 6.05. The van der Waals surface area contributed by atoms with E-state index in [4.69, 9.17) is 16.3 Å². The van der Waals surface area contributed by atoms with Crippen molar-refractivity contribution in [2.75, 3.05) is 30.9 Å². The van der Waals surface area contributed by atoms with Crippen LogP contribution in [0.1, 0.15) is 12.5 Å². The largest absolute Gasteiger partial charge is 0.492 e. The second-order valence-electron chi connectivity index (χ2n) is 4.99. The summed E-state index contributed by atoms with van der Waals surface area (Å²) in [6.07, 6.45) is 0. The van der Waals surface area contributed by atoms with E-state index in [-0.39, 0.29) is 0 Å². The number of rotatable bonds is 6. The van der Waals surface area contributed by atoms with Crippen molar-refractivity contribution < 1.29 is 4.74 Å². The first kappa shape index (κ1) is 15.5. The van der Waals surface area contributed by atoms with Gasteiger partial charge in [-0.3, -0.25) is 0 Å². The number of benzene rings is 2. The normalized spacial score (nSPS) is 10.3. The fraction of sp³-hybridized carbons (Fsp3) is 0.294. The van der Waals surface area contributed by atoms with Crippen LogP contribution in [-0.4, -0.2) is 20.7 Å². The number of nitrogens with zero attached hydrogens (tertiary/aromatic N) is 1. The Morgan fingerprint density at radius 3 is 2.43 bits per heavy atom. The summed E-state index contributed by atoms with van der Waals surface area (Å²) in [5, 5.41) is 4.08. The highest BCUT2D eigenvalue weighted by Crippen LogP contribution is 2.28. The lowest BCUT2D eigenvalue weighted by Gasteiger charge is -2.15. The Morgan fingerprint density at radius 1 is 1.10 bits per heavy atom. The van der Waals surface area contributed by atoms with Crippen molar-refractivity contribution in [2.45, 2.75) is 13.5 Å².